The summed E-state index contributed by atoms with van der Waals surface area (Å²) in [6.45, 7) is 12.9. The van der Waals surface area contributed by atoms with E-state index >= 15 is 0 Å². The molecule has 2 rings (SSSR count). The molecule has 2 heterocycles. The number of fused-ring (bicyclic) bond motifs is 1. The molecule has 0 aliphatic heterocycles. The molecule has 5 heteroatoms. The fourth-order valence-electron chi connectivity index (χ4n) is 2.40. The van der Waals surface area contributed by atoms with Gasteiger partial charge in [-0.05, 0) is 25.8 Å². The summed E-state index contributed by atoms with van der Waals surface area (Å²) in [6, 6.07) is 0. The molecule has 0 aromatic carbocycles. The highest BCUT2D eigenvalue weighted by Crippen LogP contribution is 2.24. The van der Waals surface area contributed by atoms with Crippen LogP contribution in [0.2, 0.25) is 0 Å². The van der Waals surface area contributed by atoms with E-state index in [-0.39, 0.29) is 0 Å². The summed E-state index contributed by atoms with van der Waals surface area (Å²) in [5, 5.41) is 5.65. The first kappa shape index (κ1) is 15.3. The summed E-state index contributed by atoms with van der Waals surface area (Å²) in [5.74, 6) is 1.82. The third-order valence-corrected chi connectivity index (χ3v) is 4.12. The van der Waals surface area contributed by atoms with Crippen molar-refractivity contribution in [1.82, 2.24) is 14.7 Å². The van der Waals surface area contributed by atoms with Crippen LogP contribution in [0.1, 0.15) is 39.8 Å². The van der Waals surface area contributed by atoms with E-state index in [0.29, 0.717) is 5.92 Å². The van der Waals surface area contributed by atoms with Crippen molar-refractivity contribution in [2.24, 2.45) is 5.92 Å². The number of thiazole rings is 1. The molecule has 0 bridgehead atoms. The first-order valence-corrected chi connectivity index (χ1v) is 8.45. The molecule has 20 heavy (non-hydrogen) atoms. The minimum Gasteiger partial charge on any atom is -0.355 e. The molecule has 1 N–H and O–H groups in total. The standard InChI is InChI=1S/C15H26N4S/c1-5-7-18(6-2)14-13(11-16-10-12(3)4)19-8-9-20-15(19)17-14/h8-9,12,16H,5-7,10-11H2,1-4H3. The van der Waals surface area contributed by atoms with Crippen molar-refractivity contribution in [3.63, 3.8) is 0 Å². The smallest absolute Gasteiger partial charge is 0.195 e. The maximum Gasteiger partial charge on any atom is 0.195 e. The largest absolute Gasteiger partial charge is 0.355 e. The molecule has 0 fully saturated rings. The van der Waals surface area contributed by atoms with Crippen LogP contribution in [0.5, 0.6) is 0 Å². The van der Waals surface area contributed by atoms with Crippen LogP contribution in [0.15, 0.2) is 11.6 Å². The monoisotopic (exact) mass is 294 g/mol. The quantitative estimate of drug-likeness (QED) is 0.810. The second-order valence-electron chi connectivity index (χ2n) is 5.54. The van der Waals surface area contributed by atoms with E-state index in [4.69, 9.17) is 4.98 Å². The zero-order chi connectivity index (χ0) is 14.5. The lowest BCUT2D eigenvalue weighted by Crippen LogP contribution is -2.27. The van der Waals surface area contributed by atoms with Crippen LogP contribution in [0.25, 0.3) is 4.96 Å². The normalized spacial score (nSPS) is 11.7. The van der Waals surface area contributed by atoms with Gasteiger partial charge in [0.15, 0.2) is 10.8 Å². The lowest BCUT2D eigenvalue weighted by atomic mass is 10.2. The number of nitrogens with zero attached hydrogens (tertiary/aromatic N) is 3. The van der Waals surface area contributed by atoms with Crippen molar-refractivity contribution in [1.29, 1.82) is 0 Å². The van der Waals surface area contributed by atoms with Crippen molar-refractivity contribution < 1.29 is 0 Å². The van der Waals surface area contributed by atoms with Crippen LogP contribution >= 0.6 is 11.3 Å². The van der Waals surface area contributed by atoms with Gasteiger partial charge in [-0.2, -0.15) is 0 Å². The zero-order valence-electron chi connectivity index (χ0n) is 13.0. The zero-order valence-corrected chi connectivity index (χ0v) is 13.8. The van der Waals surface area contributed by atoms with Crippen molar-refractivity contribution >= 4 is 22.1 Å². The third kappa shape index (κ3) is 3.33. The molecule has 2 aromatic heterocycles. The van der Waals surface area contributed by atoms with Gasteiger partial charge in [-0.25, -0.2) is 4.98 Å². The van der Waals surface area contributed by atoms with Crippen LogP contribution in [0.3, 0.4) is 0 Å². The van der Waals surface area contributed by atoms with Gasteiger partial charge in [0.1, 0.15) is 0 Å². The lowest BCUT2D eigenvalue weighted by Gasteiger charge is -2.21. The first-order chi connectivity index (χ1) is 9.67. The first-order valence-electron chi connectivity index (χ1n) is 7.57. The van der Waals surface area contributed by atoms with Crippen LogP contribution in [-0.2, 0) is 6.54 Å². The van der Waals surface area contributed by atoms with E-state index in [0.717, 1.165) is 43.4 Å². The van der Waals surface area contributed by atoms with E-state index in [9.17, 15) is 0 Å². The van der Waals surface area contributed by atoms with Crippen LogP contribution in [0, 0.1) is 5.92 Å². The van der Waals surface area contributed by atoms with Gasteiger partial charge in [0, 0.05) is 31.2 Å². The molecule has 0 saturated carbocycles. The molecule has 0 spiro atoms. The molecular weight excluding hydrogens is 268 g/mol. The Kier molecular flexibility index (Phi) is 5.43. The number of hydrogen-bond acceptors (Lipinski definition) is 4. The second kappa shape index (κ2) is 7.09. The number of imidazole rings is 1. The van der Waals surface area contributed by atoms with E-state index < -0.39 is 0 Å². The van der Waals surface area contributed by atoms with Crippen molar-refractivity contribution in [3.05, 3.63) is 17.3 Å². The van der Waals surface area contributed by atoms with Gasteiger partial charge in [0.05, 0.1) is 5.69 Å². The van der Waals surface area contributed by atoms with E-state index in [1.807, 2.05) is 0 Å². The summed E-state index contributed by atoms with van der Waals surface area (Å²) < 4.78 is 2.23. The molecule has 0 atom stereocenters. The summed E-state index contributed by atoms with van der Waals surface area (Å²) >= 11 is 1.71. The third-order valence-electron chi connectivity index (χ3n) is 3.36. The topological polar surface area (TPSA) is 32.6 Å². The van der Waals surface area contributed by atoms with E-state index in [2.05, 4.69) is 53.9 Å². The van der Waals surface area contributed by atoms with Crippen LogP contribution in [0.4, 0.5) is 5.82 Å². The average Bonchev–Trinajstić information content (AvgIpc) is 2.98. The Morgan fingerprint density at radius 2 is 2.20 bits per heavy atom. The molecule has 4 nitrogen and oxygen atoms in total. The highest BCUT2D eigenvalue weighted by atomic mass is 32.1. The molecule has 0 amide bonds. The Morgan fingerprint density at radius 3 is 2.85 bits per heavy atom. The minimum atomic E-state index is 0.669. The summed E-state index contributed by atoms with van der Waals surface area (Å²) in [7, 11) is 0. The Morgan fingerprint density at radius 1 is 1.40 bits per heavy atom. The van der Waals surface area contributed by atoms with Gasteiger partial charge in [0.2, 0.25) is 0 Å². The average molecular weight is 294 g/mol. The molecule has 0 saturated heterocycles. The van der Waals surface area contributed by atoms with E-state index in [1.54, 1.807) is 11.3 Å². The second-order valence-corrected chi connectivity index (χ2v) is 6.42. The number of anilines is 1. The lowest BCUT2D eigenvalue weighted by molar-refractivity contribution is 0.546. The SMILES string of the molecule is CCCN(CC)c1nc2sccn2c1CNCC(C)C. The molecule has 2 aromatic rings. The van der Waals surface area contributed by atoms with E-state index in [1.165, 1.54) is 5.69 Å². The number of hydrogen-bond donors (Lipinski definition) is 1. The van der Waals surface area contributed by atoms with Gasteiger partial charge in [0.25, 0.3) is 0 Å². The number of rotatable bonds is 8. The van der Waals surface area contributed by atoms with Gasteiger partial charge < -0.3 is 10.2 Å². The molecular formula is C15H26N4S. The summed E-state index contributed by atoms with van der Waals surface area (Å²) in [6.07, 6.45) is 3.28. The van der Waals surface area contributed by atoms with Crippen LogP contribution in [-0.4, -0.2) is 29.0 Å². The summed E-state index contributed by atoms with van der Waals surface area (Å²) in [5.41, 5.74) is 1.29. The Labute approximate surface area is 125 Å². The highest BCUT2D eigenvalue weighted by Gasteiger charge is 2.17. The van der Waals surface area contributed by atoms with Crippen molar-refractivity contribution in [2.45, 2.75) is 40.7 Å². The Bertz CT molecular complexity index is 529. The van der Waals surface area contributed by atoms with Crippen molar-refractivity contribution in [2.75, 3.05) is 24.5 Å². The van der Waals surface area contributed by atoms with Gasteiger partial charge in [-0.1, -0.05) is 20.8 Å². The Hall–Kier alpha value is -1.07. The fourth-order valence-corrected chi connectivity index (χ4v) is 3.13. The van der Waals surface area contributed by atoms with Gasteiger partial charge >= 0.3 is 0 Å². The number of aromatic nitrogens is 2. The van der Waals surface area contributed by atoms with Crippen LogP contribution < -0.4 is 10.2 Å². The molecule has 0 aliphatic carbocycles. The maximum absolute atomic E-state index is 4.83. The molecule has 112 valence electrons. The fraction of sp³-hybridized carbons (Fsp3) is 0.667. The molecule has 0 radical (unpaired) electrons. The van der Waals surface area contributed by atoms with Gasteiger partial charge in [-0.15, -0.1) is 11.3 Å². The van der Waals surface area contributed by atoms with Crippen molar-refractivity contribution in [3.8, 4) is 0 Å². The Balaban J connectivity index is 2.25. The summed E-state index contributed by atoms with van der Waals surface area (Å²) in [4.78, 5) is 8.30. The molecule has 0 unspecified atom stereocenters. The predicted octanol–water partition coefficient (Wildman–Crippen LogP) is 3.38. The van der Waals surface area contributed by atoms with Gasteiger partial charge in [-0.3, -0.25) is 4.40 Å². The number of nitrogens with one attached hydrogen (secondary N) is 1. The maximum atomic E-state index is 4.83. The highest BCUT2D eigenvalue weighted by molar-refractivity contribution is 7.15. The molecule has 0 aliphatic rings. The minimum absolute atomic E-state index is 0.669. The predicted molar refractivity (Wildman–Crippen MR) is 87.8 cm³/mol.